The van der Waals surface area contributed by atoms with Crippen molar-refractivity contribution in [3.8, 4) is 51.0 Å². The number of para-hydroxylation sites is 2. The lowest BCUT2D eigenvalue weighted by atomic mass is 10.0. The number of fused-ring (bicyclic) bond motifs is 9. The predicted octanol–water partition coefficient (Wildman–Crippen LogP) is 13.9. The third-order valence-corrected chi connectivity index (χ3v) is 12.2. The molecule has 12 rings (SSSR count). The molecule has 0 atom stereocenters. The number of thiophene rings is 1. The van der Waals surface area contributed by atoms with Crippen molar-refractivity contribution in [3.63, 3.8) is 0 Å². The number of benzene rings is 8. The SMILES string of the molecule is c1ccc(-c2ccc3sc4cc(-c5nc(-c6ccccc6)nc(-c6ccc7c(c6)oc6cccc(-n8c9ccccc9c9ccccc98)c67)n5)ccc4c3c2)cc1. The highest BCUT2D eigenvalue weighted by molar-refractivity contribution is 7.25. The lowest BCUT2D eigenvalue weighted by molar-refractivity contribution is 0.669. The summed E-state index contributed by atoms with van der Waals surface area (Å²) < 4.78 is 11.4. The number of furan rings is 1. The Morgan fingerprint density at radius 1 is 0.368 bits per heavy atom. The van der Waals surface area contributed by atoms with Crippen molar-refractivity contribution in [2.45, 2.75) is 0 Å². The third kappa shape index (κ3) is 5.12. The van der Waals surface area contributed by atoms with Crippen LogP contribution in [0.4, 0.5) is 0 Å². The fraction of sp³-hybridized carbons (Fsp3) is 0. The van der Waals surface area contributed by atoms with Gasteiger partial charge in [-0.15, -0.1) is 11.3 Å². The smallest absolute Gasteiger partial charge is 0.164 e. The van der Waals surface area contributed by atoms with Crippen molar-refractivity contribution in [3.05, 3.63) is 182 Å². The minimum atomic E-state index is 0.591. The maximum absolute atomic E-state index is 6.64. The molecule has 0 aliphatic rings. The Bertz CT molecular complexity index is 3470. The lowest BCUT2D eigenvalue weighted by Gasteiger charge is -2.10. The summed E-state index contributed by atoms with van der Waals surface area (Å²) in [5, 5.41) is 7.04. The first kappa shape index (κ1) is 31.9. The molecule has 12 aromatic rings. The molecule has 0 aliphatic heterocycles. The van der Waals surface area contributed by atoms with Gasteiger partial charge in [0, 0.05) is 53.0 Å². The monoisotopic (exact) mass is 746 g/mol. The predicted molar refractivity (Wildman–Crippen MR) is 236 cm³/mol. The minimum absolute atomic E-state index is 0.591. The second-order valence-corrected chi connectivity index (χ2v) is 15.5. The van der Waals surface area contributed by atoms with Gasteiger partial charge < -0.3 is 8.98 Å². The quantitative estimate of drug-likeness (QED) is 0.176. The van der Waals surface area contributed by atoms with Gasteiger partial charge in [-0.05, 0) is 65.7 Å². The Kier molecular flexibility index (Phi) is 7.03. The van der Waals surface area contributed by atoms with Crippen molar-refractivity contribution in [2.75, 3.05) is 0 Å². The molecule has 0 radical (unpaired) electrons. The van der Waals surface area contributed by atoms with Gasteiger partial charge in [-0.3, -0.25) is 0 Å². The van der Waals surface area contributed by atoms with Crippen LogP contribution in [0.3, 0.4) is 0 Å². The molecule has 0 saturated heterocycles. The number of nitrogens with zero attached hydrogens (tertiary/aromatic N) is 4. The zero-order valence-corrected chi connectivity index (χ0v) is 31.2. The summed E-state index contributed by atoms with van der Waals surface area (Å²) in [4.78, 5) is 15.3. The fourth-order valence-corrected chi connectivity index (χ4v) is 9.52. The molecular formula is C51H30N4OS. The summed E-state index contributed by atoms with van der Waals surface area (Å²) in [6.07, 6.45) is 0. The first-order valence-electron chi connectivity index (χ1n) is 19.0. The van der Waals surface area contributed by atoms with Gasteiger partial charge in [0.15, 0.2) is 17.5 Å². The second-order valence-electron chi connectivity index (χ2n) is 14.4. The zero-order chi connectivity index (χ0) is 37.5. The number of aromatic nitrogens is 4. The van der Waals surface area contributed by atoms with E-state index in [9.17, 15) is 0 Å². The van der Waals surface area contributed by atoms with E-state index in [2.05, 4.69) is 150 Å². The molecule has 5 nitrogen and oxygen atoms in total. The van der Waals surface area contributed by atoms with Gasteiger partial charge in [-0.1, -0.05) is 127 Å². The molecule has 0 amide bonds. The van der Waals surface area contributed by atoms with Crippen LogP contribution in [0.1, 0.15) is 0 Å². The van der Waals surface area contributed by atoms with E-state index >= 15 is 0 Å². The molecule has 57 heavy (non-hydrogen) atoms. The van der Waals surface area contributed by atoms with E-state index < -0.39 is 0 Å². The van der Waals surface area contributed by atoms with Crippen LogP contribution in [0.5, 0.6) is 0 Å². The van der Waals surface area contributed by atoms with Crippen LogP contribution in [0.15, 0.2) is 186 Å². The van der Waals surface area contributed by atoms with Gasteiger partial charge in [0.1, 0.15) is 11.2 Å². The first-order valence-corrected chi connectivity index (χ1v) is 19.8. The van der Waals surface area contributed by atoms with Gasteiger partial charge in [-0.25, -0.2) is 15.0 Å². The summed E-state index contributed by atoms with van der Waals surface area (Å²) in [5.74, 6) is 1.84. The van der Waals surface area contributed by atoms with Gasteiger partial charge in [0.05, 0.1) is 22.1 Å². The van der Waals surface area contributed by atoms with Crippen LogP contribution < -0.4 is 0 Å². The Hall–Kier alpha value is -7.41. The van der Waals surface area contributed by atoms with Gasteiger partial charge in [0.2, 0.25) is 0 Å². The van der Waals surface area contributed by atoms with E-state index in [-0.39, 0.29) is 0 Å². The highest BCUT2D eigenvalue weighted by Gasteiger charge is 2.20. The van der Waals surface area contributed by atoms with Crippen LogP contribution in [-0.2, 0) is 0 Å². The first-order chi connectivity index (χ1) is 28.2. The van der Waals surface area contributed by atoms with Gasteiger partial charge in [-0.2, -0.15) is 0 Å². The van der Waals surface area contributed by atoms with Crippen LogP contribution in [0.2, 0.25) is 0 Å². The summed E-state index contributed by atoms with van der Waals surface area (Å²) in [6, 6.07) is 63.8. The Labute approximate surface area is 330 Å². The molecular weight excluding hydrogens is 717 g/mol. The normalized spacial score (nSPS) is 11.9. The molecule has 0 saturated carbocycles. The zero-order valence-electron chi connectivity index (χ0n) is 30.4. The largest absolute Gasteiger partial charge is 0.456 e. The van der Waals surface area contributed by atoms with Crippen molar-refractivity contribution >= 4 is 75.3 Å². The van der Waals surface area contributed by atoms with Gasteiger partial charge in [0.25, 0.3) is 0 Å². The lowest BCUT2D eigenvalue weighted by Crippen LogP contribution is -2.00. The molecule has 266 valence electrons. The molecule has 6 heteroatoms. The van der Waals surface area contributed by atoms with Crippen molar-refractivity contribution in [1.82, 2.24) is 19.5 Å². The second kappa shape index (κ2) is 12.6. The summed E-state index contributed by atoms with van der Waals surface area (Å²) in [7, 11) is 0. The summed E-state index contributed by atoms with van der Waals surface area (Å²) in [5.41, 5.74) is 10.2. The number of hydrogen-bond acceptors (Lipinski definition) is 5. The molecule has 0 fully saturated rings. The standard InChI is InChI=1S/C51H30N4OS/c1-3-12-31(13-4-1)33-24-27-46-40(28-33)38-25-22-35(30-47(38)57-46)51-53-49(32-14-5-2-6-15-32)52-50(54-51)34-23-26-39-45(29-34)56-44-21-11-20-43(48(39)44)55-41-18-9-7-16-36(41)37-17-8-10-19-42(37)55/h1-30H. The minimum Gasteiger partial charge on any atom is -0.456 e. The van der Waals surface area contributed by atoms with Crippen molar-refractivity contribution in [2.24, 2.45) is 0 Å². The molecule has 0 N–H and O–H groups in total. The molecule has 0 bridgehead atoms. The van der Waals surface area contributed by atoms with E-state index in [0.29, 0.717) is 17.5 Å². The maximum atomic E-state index is 6.64. The Morgan fingerprint density at radius 3 is 1.68 bits per heavy atom. The van der Waals surface area contributed by atoms with E-state index in [1.807, 2.05) is 36.4 Å². The average Bonchev–Trinajstić information content (AvgIpc) is 3.95. The van der Waals surface area contributed by atoms with Crippen molar-refractivity contribution < 1.29 is 4.42 Å². The number of hydrogen-bond donors (Lipinski definition) is 0. The van der Waals surface area contributed by atoms with Gasteiger partial charge >= 0.3 is 0 Å². The van der Waals surface area contributed by atoms with E-state index in [4.69, 9.17) is 19.4 Å². The Morgan fingerprint density at radius 2 is 0.965 bits per heavy atom. The fourth-order valence-electron chi connectivity index (χ4n) is 8.39. The maximum Gasteiger partial charge on any atom is 0.164 e. The molecule has 0 aliphatic carbocycles. The third-order valence-electron chi connectivity index (χ3n) is 11.1. The summed E-state index contributed by atoms with van der Waals surface area (Å²) >= 11 is 1.79. The molecule has 0 spiro atoms. The average molecular weight is 747 g/mol. The van der Waals surface area contributed by atoms with Crippen LogP contribution in [-0.4, -0.2) is 19.5 Å². The van der Waals surface area contributed by atoms with E-state index in [1.54, 1.807) is 11.3 Å². The molecule has 0 unspecified atom stereocenters. The molecule has 4 aromatic heterocycles. The van der Waals surface area contributed by atoms with Crippen LogP contribution >= 0.6 is 11.3 Å². The number of rotatable bonds is 5. The highest BCUT2D eigenvalue weighted by atomic mass is 32.1. The van der Waals surface area contributed by atoms with Crippen LogP contribution in [0, 0.1) is 0 Å². The molecule has 8 aromatic carbocycles. The Balaban J connectivity index is 1.00. The van der Waals surface area contributed by atoms with Crippen molar-refractivity contribution in [1.29, 1.82) is 0 Å². The summed E-state index contributed by atoms with van der Waals surface area (Å²) in [6.45, 7) is 0. The highest BCUT2D eigenvalue weighted by Crippen LogP contribution is 2.41. The van der Waals surface area contributed by atoms with E-state index in [1.165, 1.54) is 42.1 Å². The van der Waals surface area contributed by atoms with E-state index in [0.717, 1.165) is 55.3 Å². The topological polar surface area (TPSA) is 56.7 Å². The van der Waals surface area contributed by atoms with Crippen LogP contribution in [0.25, 0.3) is 115 Å². The molecule has 4 heterocycles.